The van der Waals surface area contributed by atoms with E-state index in [-0.39, 0.29) is 11.7 Å². The van der Waals surface area contributed by atoms with E-state index in [2.05, 4.69) is 18.2 Å². The molecule has 18 heavy (non-hydrogen) atoms. The standard InChI is InChI=1S/C16H16O2/c1-10(17)13-9-14(13)16-12-6-4-3-5-11(12)7-8-15(16)18-2/h3-8,13-14H,9H2,1-2H3. The lowest BCUT2D eigenvalue weighted by atomic mass is 9.98. The normalized spacial score (nSPS) is 21.9. The second-order valence-corrected chi connectivity index (χ2v) is 4.96. The van der Waals surface area contributed by atoms with Gasteiger partial charge in [-0.15, -0.1) is 0 Å². The van der Waals surface area contributed by atoms with Crippen LogP contribution in [-0.2, 0) is 4.79 Å². The number of benzene rings is 2. The average molecular weight is 240 g/mol. The number of ether oxygens (including phenoxy) is 1. The number of rotatable bonds is 3. The second-order valence-electron chi connectivity index (χ2n) is 4.96. The predicted octanol–water partition coefficient (Wildman–Crippen LogP) is 3.54. The van der Waals surface area contributed by atoms with Gasteiger partial charge in [-0.2, -0.15) is 0 Å². The Labute approximate surface area is 107 Å². The molecule has 0 amide bonds. The van der Waals surface area contributed by atoms with Crippen LogP contribution in [0.3, 0.4) is 0 Å². The van der Waals surface area contributed by atoms with Crippen LogP contribution in [0.5, 0.6) is 5.75 Å². The smallest absolute Gasteiger partial charge is 0.133 e. The van der Waals surface area contributed by atoms with Gasteiger partial charge in [0.25, 0.3) is 0 Å². The second kappa shape index (κ2) is 4.13. The van der Waals surface area contributed by atoms with Crippen molar-refractivity contribution in [2.75, 3.05) is 7.11 Å². The molecule has 1 fully saturated rings. The highest BCUT2D eigenvalue weighted by Gasteiger charge is 2.43. The first kappa shape index (κ1) is 11.3. The van der Waals surface area contributed by atoms with Crippen molar-refractivity contribution in [2.24, 2.45) is 5.92 Å². The van der Waals surface area contributed by atoms with Crippen LogP contribution >= 0.6 is 0 Å². The zero-order valence-electron chi connectivity index (χ0n) is 10.6. The molecule has 2 unspecified atom stereocenters. The van der Waals surface area contributed by atoms with Crippen LogP contribution < -0.4 is 4.74 Å². The Morgan fingerprint density at radius 2 is 2.00 bits per heavy atom. The van der Waals surface area contributed by atoms with Crippen molar-refractivity contribution in [3.8, 4) is 5.75 Å². The third-order valence-electron chi connectivity index (χ3n) is 3.83. The molecular weight excluding hydrogens is 224 g/mol. The van der Waals surface area contributed by atoms with Crippen LogP contribution in [-0.4, -0.2) is 12.9 Å². The van der Waals surface area contributed by atoms with Crippen LogP contribution in [0.4, 0.5) is 0 Å². The molecule has 2 aromatic rings. The zero-order valence-corrected chi connectivity index (χ0v) is 10.6. The minimum Gasteiger partial charge on any atom is -0.496 e. The van der Waals surface area contributed by atoms with Crippen LogP contribution in [0.15, 0.2) is 36.4 Å². The van der Waals surface area contributed by atoms with E-state index in [0.717, 1.165) is 12.2 Å². The lowest BCUT2D eigenvalue weighted by Crippen LogP contribution is -1.98. The molecule has 0 radical (unpaired) electrons. The van der Waals surface area contributed by atoms with Crippen molar-refractivity contribution in [2.45, 2.75) is 19.3 Å². The number of methoxy groups -OCH3 is 1. The molecule has 0 heterocycles. The Kier molecular flexibility index (Phi) is 2.58. The van der Waals surface area contributed by atoms with E-state index in [1.165, 1.54) is 16.3 Å². The molecule has 2 atom stereocenters. The number of hydrogen-bond acceptors (Lipinski definition) is 2. The van der Waals surface area contributed by atoms with E-state index in [0.29, 0.717) is 5.92 Å². The number of hydrogen-bond donors (Lipinski definition) is 0. The lowest BCUT2D eigenvalue weighted by Gasteiger charge is -2.11. The minimum atomic E-state index is 0.185. The number of fused-ring (bicyclic) bond motifs is 1. The summed E-state index contributed by atoms with van der Waals surface area (Å²) in [4.78, 5) is 11.5. The number of ketones is 1. The van der Waals surface area contributed by atoms with E-state index in [1.807, 2.05) is 18.2 Å². The maximum Gasteiger partial charge on any atom is 0.133 e. The first-order valence-corrected chi connectivity index (χ1v) is 6.28. The maximum atomic E-state index is 11.5. The van der Waals surface area contributed by atoms with Crippen molar-refractivity contribution in [3.63, 3.8) is 0 Å². The van der Waals surface area contributed by atoms with Gasteiger partial charge in [-0.1, -0.05) is 30.3 Å². The van der Waals surface area contributed by atoms with Gasteiger partial charge in [0.1, 0.15) is 11.5 Å². The van der Waals surface area contributed by atoms with Gasteiger partial charge in [-0.25, -0.2) is 0 Å². The Bertz CT molecular complexity index is 616. The SMILES string of the molecule is COc1ccc2ccccc2c1C1CC1C(C)=O. The largest absolute Gasteiger partial charge is 0.496 e. The zero-order chi connectivity index (χ0) is 12.7. The molecule has 0 spiro atoms. The Morgan fingerprint density at radius 3 is 2.67 bits per heavy atom. The van der Waals surface area contributed by atoms with E-state index in [9.17, 15) is 4.79 Å². The molecule has 0 aliphatic heterocycles. The third-order valence-corrected chi connectivity index (χ3v) is 3.83. The van der Waals surface area contributed by atoms with Crippen LogP contribution in [0.1, 0.15) is 24.8 Å². The number of Topliss-reactive ketones (excluding diaryl/α,β-unsaturated/α-hetero) is 1. The van der Waals surface area contributed by atoms with Crippen LogP contribution in [0.2, 0.25) is 0 Å². The molecule has 3 rings (SSSR count). The molecule has 0 N–H and O–H groups in total. The van der Waals surface area contributed by atoms with Crippen LogP contribution in [0, 0.1) is 5.92 Å². The Balaban J connectivity index is 2.16. The highest BCUT2D eigenvalue weighted by atomic mass is 16.5. The monoisotopic (exact) mass is 240 g/mol. The fourth-order valence-corrected chi connectivity index (χ4v) is 2.80. The van der Waals surface area contributed by atoms with Gasteiger partial charge < -0.3 is 4.74 Å². The fourth-order valence-electron chi connectivity index (χ4n) is 2.80. The molecule has 1 saturated carbocycles. The van der Waals surface area contributed by atoms with Gasteiger partial charge in [-0.3, -0.25) is 4.79 Å². The van der Waals surface area contributed by atoms with Crippen LogP contribution in [0.25, 0.3) is 10.8 Å². The predicted molar refractivity (Wildman–Crippen MR) is 72.0 cm³/mol. The molecule has 0 saturated heterocycles. The molecule has 0 aromatic heterocycles. The quantitative estimate of drug-likeness (QED) is 0.820. The molecule has 2 heteroatoms. The van der Waals surface area contributed by atoms with E-state index in [4.69, 9.17) is 4.74 Å². The van der Waals surface area contributed by atoms with Crippen molar-refractivity contribution in [1.82, 2.24) is 0 Å². The summed E-state index contributed by atoms with van der Waals surface area (Å²) in [7, 11) is 1.69. The summed E-state index contributed by atoms with van der Waals surface area (Å²) in [6.45, 7) is 1.68. The third kappa shape index (κ3) is 1.69. The van der Waals surface area contributed by atoms with Crippen molar-refractivity contribution < 1.29 is 9.53 Å². The van der Waals surface area contributed by atoms with Crippen molar-refractivity contribution in [1.29, 1.82) is 0 Å². The van der Waals surface area contributed by atoms with Gasteiger partial charge >= 0.3 is 0 Å². The molecule has 92 valence electrons. The Hall–Kier alpha value is -1.83. The van der Waals surface area contributed by atoms with Gasteiger partial charge in [0.2, 0.25) is 0 Å². The summed E-state index contributed by atoms with van der Waals surface area (Å²) in [5.41, 5.74) is 1.20. The van der Waals surface area contributed by atoms with Gasteiger partial charge in [0.15, 0.2) is 0 Å². The Morgan fingerprint density at radius 1 is 1.22 bits per heavy atom. The minimum absolute atomic E-state index is 0.185. The topological polar surface area (TPSA) is 26.3 Å². The van der Waals surface area contributed by atoms with Gasteiger partial charge in [-0.05, 0) is 36.1 Å². The highest BCUT2D eigenvalue weighted by Crippen LogP contribution is 2.52. The average Bonchev–Trinajstić information content (AvgIpc) is 3.17. The summed E-state index contributed by atoms with van der Waals surface area (Å²) >= 11 is 0. The first-order valence-electron chi connectivity index (χ1n) is 6.28. The summed E-state index contributed by atoms with van der Waals surface area (Å²) in [6.07, 6.45) is 0.958. The maximum absolute atomic E-state index is 11.5. The summed E-state index contributed by atoms with van der Waals surface area (Å²) in [5.74, 6) is 1.71. The van der Waals surface area contributed by atoms with Gasteiger partial charge in [0, 0.05) is 11.5 Å². The molecule has 0 bridgehead atoms. The number of carbonyl (C=O) groups is 1. The lowest BCUT2D eigenvalue weighted by molar-refractivity contribution is -0.118. The van der Waals surface area contributed by atoms with E-state index in [1.54, 1.807) is 14.0 Å². The van der Waals surface area contributed by atoms with E-state index < -0.39 is 0 Å². The molecule has 1 aliphatic rings. The summed E-state index contributed by atoms with van der Waals surface area (Å²) in [5, 5.41) is 2.42. The van der Waals surface area contributed by atoms with Gasteiger partial charge in [0.05, 0.1) is 7.11 Å². The first-order chi connectivity index (χ1) is 8.72. The summed E-state index contributed by atoms with van der Waals surface area (Å²) < 4.78 is 5.47. The molecule has 2 nitrogen and oxygen atoms in total. The highest BCUT2D eigenvalue weighted by molar-refractivity contribution is 5.91. The molecule has 2 aromatic carbocycles. The number of carbonyl (C=O) groups excluding carboxylic acids is 1. The summed E-state index contributed by atoms with van der Waals surface area (Å²) in [6, 6.07) is 12.4. The fraction of sp³-hybridized carbons (Fsp3) is 0.312. The molecule has 1 aliphatic carbocycles. The molecular formula is C16H16O2. The van der Waals surface area contributed by atoms with Crippen molar-refractivity contribution in [3.05, 3.63) is 42.0 Å². The van der Waals surface area contributed by atoms with E-state index >= 15 is 0 Å². The van der Waals surface area contributed by atoms with Crippen molar-refractivity contribution >= 4 is 16.6 Å².